The van der Waals surface area contributed by atoms with Crippen LogP contribution in [0.4, 0.5) is 0 Å². The summed E-state index contributed by atoms with van der Waals surface area (Å²) >= 11 is 5.09. The largest absolute Gasteiger partial charge is 0.351 e. The number of hydrogen-bond donors (Lipinski definition) is 2. The average Bonchev–Trinajstić information content (AvgIpc) is 2.33. The first kappa shape index (κ1) is 14.5. The van der Waals surface area contributed by atoms with Gasteiger partial charge in [-0.15, -0.1) is 0 Å². The maximum atomic E-state index is 11.7. The van der Waals surface area contributed by atoms with Crippen LogP contribution < -0.4 is 11.1 Å². The van der Waals surface area contributed by atoms with Crippen LogP contribution in [-0.4, -0.2) is 24.0 Å². The van der Waals surface area contributed by atoms with Gasteiger partial charge in [0, 0.05) is 11.0 Å². The molecule has 0 bridgehead atoms. The first-order chi connectivity index (χ1) is 8.13. The van der Waals surface area contributed by atoms with Gasteiger partial charge >= 0.3 is 0 Å². The van der Waals surface area contributed by atoms with Gasteiger partial charge in [-0.25, -0.2) is 0 Å². The van der Waals surface area contributed by atoms with E-state index in [1.165, 1.54) is 0 Å². The molecule has 17 heavy (non-hydrogen) atoms. The normalized spacial score (nSPS) is 12.2. The Bertz CT molecular complexity index is 373. The molecule has 0 unspecified atom stereocenters. The quantitative estimate of drug-likeness (QED) is 0.845. The highest BCUT2D eigenvalue weighted by atomic mass is 79.9. The van der Waals surface area contributed by atoms with E-state index in [4.69, 9.17) is 5.73 Å². The number of nitrogens with two attached hydrogens (primary N) is 1. The van der Waals surface area contributed by atoms with Crippen molar-refractivity contribution in [3.63, 3.8) is 0 Å². The lowest BCUT2D eigenvalue weighted by atomic mass is 10.2. The molecule has 0 aliphatic carbocycles. The van der Waals surface area contributed by atoms with Crippen molar-refractivity contribution in [2.24, 2.45) is 5.73 Å². The maximum Gasteiger partial charge on any atom is 0.237 e. The number of hydrogen-bond acceptors (Lipinski definition) is 3. The highest BCUT2D eigenvalue weighted by molar-refractivity contribution is 9.10. The number of nitrogens with one attached hydrogen (secondary N) is 1. The zero-order valence-electron chi connectivity index (χ0n) is 9.78. The van der Waals surface area contributed by atoms with Gasteiger partial charge in [0.2, 0.25) is 5.91 Å². The first-order valence-corrected chi connectivity index (χ1v) is 7.59. The lowest BCUT2D eigenvalue weighted by Crippen LogP contribution is -2.40. The predicted molar refractivity (Wildman–Crippen MR) is 77.0 cm³/mol. The molecule has 1 atom stereocenters. The van der Waals surface area contributed by atoms with Crippen LogP contribution in [0.2, 0.25) is 0 Å². The Morgan fingerprint density at radius 1 is 1.59 bits per heavy atom. The van der Waals surface area contributed by atoms with Crippen LogP contribution in [0.3, 0.4) is 0 Å². The van der Waals surface area contributed by atoms with Crippen molar-refractivity contribution in [3.8, 4) is 0 Å². The fourth-order valence-corrected chi connectivity index (χ4v) is 2.28. The van der Waals surface area contributed by atoms with Crippen LogP contribution in [-0.2, 0) is 11.3 Å². The molecule has 3 nitrogen and oxygen atoms in total. The van der Waals surface area contributed by atoms with E-state index in [1.807, 2.05) is 30.5 Å². The lowest BCUT2D eigenvalue weighted by Gasteiger charge is -2.11. The lowest BCUT2D eigenvalue weighted by molar-refractivity contribution is -0.122. The maximum absolute atomic E-state index is 11.7. The third-order valence-electron chi connectivity index (χ3n) is 2.33. The minimum atomic E-state index is -0.408. The van der Waals surface area contributed by atoms with E-state index < -0.39 is 6.04 Å². The minimum Gasteiger partial charge on any atom is -0.351 e. The fourth-order valence-electron chi connectivity index (χ4n) is 1.34. The third-order valence-corrected chi connectivity index (χ3v) is 3.46. The van der Waals surface area contributed by atoms with Gasteiger partial charge in [0.05, 0.1) is 6.04 Å². The Morgan fingerprint density at radius 2 is 2.35 bits per heavy atom. The number of halogens is 1. The van der Waals surface area contributed by atoms with Gasteiger partial charge in [-0.3, -0.25) is 4.79 Å². The van der Waals surface area contributed by atoms with Crippen molar-refractivity contribution in [1.82, 2.24) is 5.32 Å². The van der Waals surface area contributed by atoms with Crippen LogP contribution in [0.5, 0.6) is 0 Å². The minimum absolute atomic E-state index is 0.0842. The van der Waals surface area contributed by atoms with Crippen LogP contribution in [0.15, 0.2) is 28.7 Å². The molecule has 0 radical (unpaired) electrons. The predicted octanol–water partition coefficient (Wildman–Crippen LogP) is 2.15. The molecule has 0 aromatic heterocycles. The van der Waals surface area contributed by atoms with E-state index in [1.54, 1.807) is 11.8 Å². The standard InChI is InChI=1S/C12H17BrN2OS/c1-17-6-5-11(14)12(16)15-8-9-3-2-4-10(13)7-9/h2-4,7,11H,5-6,8,14H2,1H3,(H,15,16)/t11-/m0/s1. The Morgan fingerprint density at radius 3 is 3.00 bits per heavy atom. The number of benzene rings is 1. The number of amides is 1. The molecule has 1 amide bonds. The summed E-state index contributed by atoms with van der Waals surface area (Å²) in [5, 5.41) is 2.84. The molecule has 1 aromatic rings. The van der Waals surface area contributed by atoms with E-state index in [0.29, 0.717) is 13.0 Å². The molecule has 0 fully saturated rings. The molecule has 1 rings (SSSR count). The third kappa shape index (κ3) is 5.57. The Kier molecular flexibility index (Phi) is 6.62. The van der Waals surface area contributed by atoms with Crippen LogP contribution in [0, 0.1) is 0 Å². The second kappa shape index (κ2) is 7.74. The molecular weight excluding hydrogens is 300 g/mol. The molecule has 0 heterocycles. The topological polar surface area (TPSA) is 55.1 Å². The van der Waals surface area contributed by atoms with Crippen molar-refractivity contribution >= 4 is 33.6 Å². The summed E-state index contributed by atoms with van der Waals surface area (Å²) in [5.41, 5.74) is 6.82. The average molecular weight is 317 g/mol. The second-order valence-corrected chi connectivity index (χ2v) is 5.64. The molecule has 0 aliphatic heterocycles. The molecule has 5 heteroatoms. The molecule has 3 N–H and O–H groups in total. The van der Waals surface area contributed by atoms with Crippen molar-refractivity contribution in [2.45, 2.75) is 19.0 Å². The van der Waals surface area contributed by atoms with Gasteiger partial charge in [-0.1, -0.05) is 28.1 Å². The van der Waals surface area contributed by atoms with Crippen molar-refractivity contribution in [2.75, 3.05) is 12.0 Å². The summed E-state index contributed by atoms with van der Waals surface area (Å²) in [6.45, 7) is 0.519. The van der Waals surface area contributed by atoms with E-state index >= 15 is 0 Å². The highest BCUT2D eigenvalue weighted by Gasteiger charge is 2.11. The Hall–Kier alpha value is -0.520. The van der Waals surface area contributed by atoms with Crippen LogP contribution in [0.25, 0.3) is 0 Å². The van der Waals surface area contributed by atoms with Gasteiger partial charge in [-0.2, -0.15) is 11.8 Å². The van der Waals surface area contributed by atoms with Crippen molar-refractivity contribution in [3.05, 3.63) is 34.3 Å². The summed E-state index contributed by atoms with van der Waals surface area (Å²) in [7, 11) is 0. The van der Waals surface area contributed by atoms with E-state index in [-0.39, 0.29) is 5.91 Å². The molecule has 0 saturated heterocycles. The summed E-state index contributed by atoms with van der Waals surface area (Å²) in [6.07, 6.45) is 2.72. The van der Waals surface area contributed by atoms with Crippen LogP contribution in [0.1, 0.15) is 12.0 Å². The number of thioether (sulfide) groups is 1. The summed E-state index contributed by atoms with van der Waals surface area (Å²) < 4.78 is 1.01. The molecule has 1 aromatic carbocycles. The fraction of sp³-hybridized carbons (Fsp3) is 0.417. The Balaban J connectivity index is 2.37. The van der Waals surface area contributed by atoms with Gasteiger partial charge in [0.25, 0.3) is 0 Å². The SMILES string of the molecule is CSCC[C@H](N)C(=O)NCc1cccc(Br)c1. The van der Waals surface area contributed by atoms with Crippen LogP contribution >= 0.6 is 27.7 Å². The van der Waals surface area contributed by atoms with E-state index in [2.05, 4.69) is 21.2 Å². The molecule has 0 aliphatic rings. The molecular formula is C12H17BrN2OS. The van der Waals surface area contributed by atoms with Crippen molar-refractivity contribution in [1.29, 1.82) is 0 Å². The summed E-state index contributed by atoms with van der Waals surface area (Å²) in [6, 6.07) is 7.44. The smallest absolute Gasteiger partial charge is 0.237 e. The van der Waals surface area contributed by atoms with Crippen molar-refractivity contribution < 1.29 is 4.79 Å². The molecule has 0 saturated carbocycles. The van der Waals surface area contributed by atoms with E-state index in [0.717, 1.165) is 15.8 Å². The number of rotatable bonds is 6. The van der Waals surface area contributed by atoms with Gasteiger partial charge in [0.15, 0.2) is 0 Å². The highest BCUT2D eigenvalue weighted by Crippen LogP contribution is 2.11. The summed E-state index contributed by atoms with van der Waals surface area (Å²) in [4.78, 5) is 11.7. The zero-order chi connectivity index (χ0) is 12.7. The van der Waals surface area contributed by atoms with E-state index in [9.17, 15) is 4.79 Å². The molecule has 94 valence electrons. The Labute approximate surface area is 115 Å². The van der Waals surface area contributed by atoms with Gasteiger partial charge in [-0.05, 0) is 36.1 Å². The summed E-state index contributed by atoms with van der Waals surface area (Å²) in [5.74, 6) is 0.824. The number of carbonyl (C=O) groups excluding carboxylic acids is 1. The zero-order valence-corrected chi connectivity index (χ0v) is 12.2. The van der Waals surface area contributed by atoms with Gasteiger partial charge < -0.3 is 11.1 Å². The number of carbonyl (C=O) groups is 1. The monoisotopic (exact) mass is 316 g/mol. The second-order valence-electron chi connectivity index (χ2n) is 3.74. The first-order valence-electron chi connectivity index (χ1n) is 5.40. The van der Waals surface area contributed by atoms with Gasteiger partial charge in [0.1, 0.15) is 0 Å². The molecule has 0 spiro atoms.